The second-order valence-corrected chi connectivity index (χ2v) is 5.57. The van der Waals surface area contributed by atoms with Crippen molar-refractivity contribution in [1.82, 2.24) is 0 Å². The van der Waals surface area contributed by atoms with Crippen molar-refractivity contribution in [2.75, 3.05) is 30.5 Å². The van der Waals surface area contributed by atoms with E-state index < -0.39 is 0 Å². The Morgan fingerprint density at radius 1 is 1.47 bits per heavy atom. The zero-order valence-corrected chi connectivity index (χ0v) is 12.3. The molecule has 1 aromatic rings. The molecular weight excluding hydrogens is 252 g/mol. The van der Waals surface area contributed by atoms with Crippen LogP contribution in [0.3, 0.4) is 0 Å². The number of halogens is 1. The first-order valence-electron chi connectivity index (χ1n) is 5.80. The topological polar surface area (TPSA) is 29.3 Å². The van der Waals surface area contributed by atoms with Gasteiger partial charge in [-0.05, 0) is 43.8 Å². The van der Waals surface area contributed by atoms with Gasteiger partial charge in [0.25, 0.3) is 0 Å². The molecule has 1 atom stereocenters. The largest absolute Gasteiger partial charge is 0.371 e. The third-order valence-electron chi connectivity index (χ3n) is 2.91. The summed E-state index contributed by atoms with van der Waals surface area (Å²) in [6, 6.07) is 6.53. The van der Waals surface area contributed by atoms with Gasteiger partial charge in [-0.2, -0.15) is 11.8 Å². The molecule has 96 valence electrons. The summed E-state index contributed by atoms with van der Waals surface area (Å²) in [5.41, 5.74) is 8.12. The van der Waals surface area contributed by atoms with Crippen molar-refractivity contribution < 1.29 is 0 Å². The highest BCUT2D eigenvalue weighted by Crippen LogP contribution is 2.26. The number of hydrogen-bond donors (Lipinski definition) is 1. The summed E-state index contributed by atoms with van der Waals surface area (Å²) >= 11 is 7.94. The molecule has 0 bridgehead atoms. The molecule has 0 aromatic heterocycles. The first-order valence-corrected chi connectivity index (χ1v) is 7.57. The molecule has 0 aliphatic heterocycles. The fraction of sp³-hybridized carbons (Fsp3) is 0.538. The summed E-state index contributed by atoms with van der Waals surface area (Å²) in [6.45, 7) is 2.89. The Morgan fingerprint density at radius 3 is 2.76 bits per heavy atom. The fourth-order valence-electron chi connectivity index (χ4n) is 1.82. The molecule has 1 unspecified atom stereocenters. The van der Waals surface area contributed by atoms with E-state index in [2.05, 4.69) is 31.2 Å². The molecule has 1 aromatic carbocycles. The number of nitrogens with zero attached hydrogens (tertiary/aromatic N) is 1. The second kappa shape index (κ2) is 7.14. The van der Waals surface area contributed by atoms with Gasteiger partial charge in [-0.3, -0.25) is 0 Å². The third-order valence-corrected chi connectivity index (χ3v) is 3.96. The number of thioether (sulfide) groups is 1. The van der Waals surface area contributed by atoms with E-state index in [1.54, 1.807) is 0 Å². The number of rotatable bonds is 6. The summed E-state index contributed by atoms with van der Waals surface area (Å²) in [7, 11) is 2.12. The smallest absolute Gasteiger partial charge is 0.0426 e. The molecule has 2 N–H and O–H groups in total. The molecule has 1 rings (SSSR count). The van der Waals surface area contributed by atoms with E-state index >= 15 is 0 Å². The lowest BCUT2D eigenvalue weighted by Gasteiger charge is -2.29. The molecular formula is C13H21ClN2S. The number of anilines is 1. The number of nitrogens with two attached hydrogens (primary N) is 1. The van der Waals surface area contributed by atoms with Gasteiger partial charge in [0, 0.05) is 29.6 Å². The van der Waals surface area contributed by atoms with Crippen LogP contribution in [0.25, 0.3) is 0 Å². The highest BCUT2D eigenvalue weighted by atomic mass is 35.5. The van der Waals surface area contributed by atoms with E-state index in [1.165, 1.54) is 11.3 Å². The van der Waals surface area contributed by atoms with E-state index in [9.17, 15) is 0 Å². The first-order chi connectivity index (χ1) is 8.10. The van der Waals surface area contributed by atoms with Gasteiger partial charge in [-0.25, -0.2) is 0 Å². The number of hydrogen-bond acceptors (Lipinski definition) is 3. The van der Waals surface area contributed by atoms with E-state index in [-0.39, 0.29) is 0 Å². The van der Waals surface area contributed by atoms with E-state index in [0.29, 0.717) is 12.6 Å². The molecule has 0 saturated carbocycles. The van der Waals surface area contributed by atoms with Gasteiger partial charge in [0.15, 0.2) is 0 Å². The van der Waals surface area contributed by atoms with Crippen LogP contribution in [0.2, 0.25) is 5.02 Å². The van der Waals surface area contributed by atoms with Crippen LogP contribution in [0.4, 0.5) is 5.69 Å². The minimum atomic E-state index is 0.486. The summed E-state index contributed by atoms with van der Waals surface area (Å²) in [4.78, 5) is 2.29. The second-order valence-electron chi connectivity index (χ2n) is 4.23. The third kappa shape index (κ3) is 4.09. The highest BCUT2D eigenvalue weighted by molar-refractivity contribution is 7.98. The van der Waals surface area contributed by atoms with Crippen LogP contribution in [0, 0.1) is 0 Å². The predicted octanol–water partition coefficient (Wildman–Crippen LogP) is 3.03. The Morgan fingerprint density at radius 2 is 2.18 bits per heavy atom. The molecule has 0 heterocycles. The van der Waals surface area contributed by atoms with E-state index in [0.717, 1.165) is 17.2 Å². The van der Waals surface area contributed by atoms with Gasteiger partial charge < -0.3 is 10.6 Å². The molecule has 0 saturated heterocycles. The normalized spacial score (nSPS) is 12.5. The van der Waals surface area contributed by atoms with Crippen molar-refractivity contribution in [2.45, 2.75) is 19.4 Å². The zero-order chi connectivity index (χ0) is 12.8. The van der Waals surface area contributed by atoms with Crippen molar-refractivity contribution in [2.24, 2.45) is 5.73 Å². The Balaban J connectivity index is 2.96. The van der Waals surface area contributed by atoms with Gasteiger partial charge in [0.1, 0.15) is 0 Å². The highest BCUT2D eigenvalue weighted by Gasteiger charge is 2.13. The van der Waals surface area contributed by atoms with Crippen LogP contribution in [0.5, 0.6) is 0 Å². The van der Waals surface area contributed by atoms with Crippen molar-refractivity contribution in [3.05, 3.63) is 28.8 Å². The summed E-state index contributed by atoms with van der Waals surface area (Å²) in [5.74, 6) is 1.10. The van der Waals surface area contributed by atoms with Crippen LogP contribution >= 0.6 is 23.4 Å². The maximum absolute atomic E-state index is 6.08. The minimum absolute atomic E-state index is 0.486. The van der Waals surface area contributed by atoms with Gasteiger partial charge >= 0.3 is 0 Å². The summed E-state index contributed by atoms with van der Waals surface area (Å²) in [6.07, 6.45) is 3.02. The lowest BCUT2D eigenvalue weighted by molar-refractivity contribution is 0.759. The molecule has 0 aliphatic carbocycles. The quantitative estimate of drug-likeness (QED) is 0.863. The average molecular weight is 273 g/mol. The summed E-state index contributed by atoms with van der Waals surface area (Å²) < 4.78 is 0. The van der Waals surface area contributed by atoms with Gasteiger partial charge in [-0.1, -0.05) is 17.7 Å². The molecule has 0 fully saturated rings. The van der Waals surface area contributed by atoms with Crippen LogP contribution in [0.15, 0.2) is 18.2 Å². The van der Waals surface area contributed by atoms with Crippen molar-refractivity contribution in [1.29, 1.82) is 0 Å². The van der Waals surface area contributed by atoms with Crippen LogP contribution in [-0.4, -0.2) is 31.6 Å². The van der Waals surface area contributed by atoms with Gasteiger partial charge in [0.2, 0.25) is 0 Å². The van der Waals surface area contributed by atoms with Crippen LogP contribution < -0.4 is 10.6 Å². The van der Waals surface area contributed by atoms with Crippen molar-refractivity contribution >= 4 is 29.1 Å². The molecule has 0 aliphatic rings. The van der Waals surface area contributed by atoms with Crippen LogP contribution in [-0.2, 0) is 6.42 Å². The Hall–Kier alpha value is -0.380. The average Bonchev–Trinajstić information content (AvgIpc) is 2.31. The van der Waals surface area contributed by atoms with E-state index in [1.807, 2.05) is 23.9 Å². The maximum Gasteiger partial charge on any atom is 0.0426 e. The van der Waals surface area contributed by atoms with Gasteiger partial charge in [0.05, 0.1) is 0 Å². The Labute approximate surface area is 114 Å². The molecule has 0 spiro atoms. The lowest BCUT2D eigenvalue weighted by Crippen LogP contribution is -2.31. The van der Waals surface area contributed by atoms with Crippen molar-refractivity contribution in [3.63, 3.8) is 0 Å². The van der Waals surface area contributed by atoms with Crippen LogP contribution in [0.1, 0.15) is 12.5 Å². The van der Waals surface area contributed by atoms with Crippen molar-refractivity contribution in [3.8, 4) is 0 Å². The maximum atomic E-state index is 6.08. The summed E-state index contributed by atoms with van der Waals surface area (Å²) in [5, 5.41) is 0.781. The lowest BCUT2D eigenvalue weighted by atomic mass is 10.1. The van der Waals surface area contributed by atoms with Gasteiger partial charge in [-0.15, -0.1) is 0 Å². The predicted molar refractivity (Wildman–Crippen MR) is 80.5 cm³/mol. The monoisotopic (exact) mass is 272 g/mol. The fourth-order valence-corrected chi connectivity index (χ4v) is 2.70. The Kier molecular flexibility index (Phi) is 6.17. The molecule has 0 amide bonds. The molecule has 0 radical (unpaired) electrons. The minimum Gasteiger partial charge on any atom is -0.371 e. The SMILES string of the molecule is CSCC(C)N(C)c1cc(Cl)ccc1CCN. The Bertz CT molecular complexity index is 357. The standard InChI is InChI=1S/C13H21ClN2S/c1-10(9-17-3)16(2)13-8-12(14)5-4-11(13)6-7-15/h4-5,8,10H,6-7,9,15H2,1-3H3. The zero-order valence-electron chi connectivity index (χ0n) is 10.7. The van der Waals surface area contributed by atoms with E-state index in [4.69, 9.17) is 17.3 Å². The molecule has 2 nitrogen and oxygen atoms in total. The first kappa shape index (κ1) is 14.7. The molecule has 4 heteroatoms. The number of benzene rings is 1. The molecule has 17 heavy (non-hydrogen) atoms.